The quantitative estimate of drug-likeness (QED) is 0.871. The third-order valence-corrected chi connectivity index (χ3v) is 2.90. The van der Waals surface area contributed by atoms with Crippen LogP contribution in [0.2, 0.25) is 0 Å². The highest BCUT2D eigenvalue weighted by atomic mass is 32.1. The fourth-order valence-electron chi connectivity index (χ4n) is 1.34. The van der Waals surface area contributed by atoms with Crippen molar-refractivity contribution in [2.45, 2.75) is 13.3 Å². The predicted molar refractivity (Wildman–Crippen MR) is 66.4 cm³/mol. The van der Waals surface area contributed by atoms with Crippen LogP contribution in [0.1, 0.15) is 22.0 Å². The molecule has 2 amide bonds. The summed E-state index contributed by atoms with van der Waals surface area (Å²) in [5.74, 6) is 0.0516. The second-order valence-corrected chi connectivity index (χ2v) is 4.51. The SMILES string of the molecule is Cc1ccc(C(=O)Nc2nc(CC(N)=O)cs2)o1. The van der Waals surface area contributed by atoms with Crippen LogP contribution in [0.4, 0.5) is 5.13 Å². The number of primary amides is 1. The summed E-state index contributed by atoms with van der Waals surface area (Å²) in [6.07, 6.45) is 0.0617. The first kappa shape index (κ1) is 12.3. The molecule has 0 aliphatic carbocycles. The lowest BCUT2D eigenvalue weighted by molar-refractivity contribution is -0.117. The number of amides is 2. The van der Waals surface area contributed by atoms with E-state index in [0.717, 1.165) is 0 Å². The van der Waals surface area contributed by atoms with Crippen molar-refractivity contribution in [3.8, 4) is 0 Å². The Kier molecular flexibility index (Phi) is 3.42. The van der Waals surface area contributed by atoms with E-state index in [9.17, 15) is 9.59 Å². The topological polar surface area (TPSA) is 98.2 Å². The summed E-state index contributed by atoms with van der Waals surface area (Å²) in [6.45, 7) is 1.76. The van der Waals surface area contributed by atoms with Gasteiger partial charge in [0.2, 0.25) is 5.91 Å². The Labute approximate surface area is 107 Å². The summed E-state index contributed by atoms with van der Waals surface area (Å²) in [5.41, 5.74) is 5.59. The van der Waals surface area contributed by atoms with Crippen LogP contribution in [-0.4, -0.2) is 16.8 Å². The molecule has 2 aromatic heterocycles. The van der Waals surface area contributed by atoms with Crippen LogP contribution >= 0.6 is 11.3 Å². The second kappa shape index (κ2) is 5.01. The molecule has 2 heterocycles. The molecule has 3 N–H and O–H groups in total. The Morgan fingerprint density at radius 1 is 1.50 bits per heavy atom. The van der Waals surface area contributed by atoms with Crippen LogP contribution in [-0.2, 0) is 11.2 Å². The van der Waals surface area contributed by atoms with E-state index in [1.54, 1.807) is 24.4 Å². The number of thiazole rings is 1. The van der Waals surface area contributed by atoms with E-state index in [4.69, 9.17) is 10.2 Å². The highest BCUT2D eigenvalue weighted by molar-refractivity contribution is 7.14. The fourth-order valence-corrected chi connectivity index (χ4v) is 2.04. The lowest BCUT2D eigenvalue weighted by atomic mass is 10.3. The first-order valence-electron chi connectivity index (χ1n) is 5.15. The lowest BCUT2D eigenvalue weighted by Crippen LogP contribution is -2.14. The molecule has 0 radical (unpaired) electrons. The third kappa shape index (κ3) is 2.95. The van der Waals surface area contributed by atoms with Crippen molar-refractivity contribution >= 4 is 28.3 Å². The maximum absolute atomic E-state index is 11.7. The van der Waals surface area contributed by atoms with E-state index in [-0.39, 0.29) is 18.1 Å². The molecule has 0 aliphatic rings. The second-order valence-electron chi connectivity index (χ2n) is 3.65. The van der Waals surface area contributed by atoms with Crippen molar-refractivity contribution < 1.29 is 14.0 Å². The van der Waals surface area contributed by atoms with Crippen molar-refractivity contribution in [3.05, 3.63) is 34.7 Å². The number of rotatable bonds is 4. The number of nitrogens with zero attached hydrogens (tertiary/aromatic N) is 1. The van der Waals surface area contributed by atoms with Gasteiger partial charge in [0.1, 0.15) is 5.76 Å². The van der Waals surface area contributed by atoms with Gasteiger partial charge in [0.05, 0.1) is 12.1 Å². The number of nitrogens with two attached hydrogens (primary N) is 1. The molecule has 6 nitrogen and oxygen atoms in total. The maximum Gasteiger partial charge on any atom is 0.293 e. The predicted octanol–water partition coefficient (Wildman–Crippen LogP) is 1.32. The number of carbonyl (C=O) groups is 2. The fraction of sp³-hybridized carbons (Fsp3) is 0.182. The van der Waals surface area contributed by atoms with Gasteiger partial charge in [-0.2, -0.15) is 0 Å². The van der Waals surface area contributed by atoms with Crippen LogP contribution in [0, 0.1) is 6.92 Å². The van der Waals surface area contributed by atoms with Crippen molar-refractivity contribution in [3.63, 3.8) is 0 Å². The zero-order chi connectivity index (χ0) is 13.1. The van der Waals surface area contributed by atoms with E-state index >= 15 is 0 Å². The molecule has 94 valence electrons. The molecular formula is C11H11N3O3S. The average molecular weight is 265 g/mol. The number of hydrogen-bond donors (Lipinski definition) is 2. The number of aromatic nitrogens is 1. The smallest absolute Gasteiger partial charge is 0.293 e. The Hall–Kier alpha value is -2.15. The molecule has 0 saturated carbocycles. The first-order valence-corrected chi connectivity index (χ1v) is 6.03. The summed E-state index contributed by atoms with van der Waals surface area (Å²) < 4.78 is 5.18. The van der Waals surface area contributed by atoms with Gasteiger partial charge in [0.25, 0.3) is 5.91 Å². The monoisotopic (exact) mass is 265 g/mol. The number of carbonyl (C=O) groups excluding carboxylic acids is 2. The molecule has 0 unspecified atom stereocenters. The maximum atomic E-state index is 11.7. The molecule has 0 bridgehead atoms. The van der Waals surface area contributed by atoms with Crippen molar-refractivity contribution in [1.29, 1.82) is 0 Å². The summed E-state index contributed by atoms with van der Waals surface area (Å²) >= 11 is 1.23. The molecular weight excluding hydrogens is 254 g/mol. The summed E-state index contributed by atoms with van der Waals surface area (Å²) in [5, 5.41) is 4.67. The van der Waals surface area contributed by atoms with Crippen LogP contribution < -0.4 is 11.1 Å². The Morgan fingerprint density at radius 3 is 2.89 bits per heavy atom. The number of anilines is 1. The van der Waals surface area contributed by atoms with Gasteiger partial charge in [-0.25, -0.2) is 4.98 Å². The minimum Gasteiger partial charge on any atom is -0.456 e. The molecule has 7 heteroatoms. The molecule has 0 aliphatic heterocycles. The van der Waals surface area contributed by atoms with Gasteiger partial charge in [-0.15, -0.1) is 11.3 Å². The van der Waals surface area contributed by atoms with Gasteiger partial charge in [-0.05, 0) is 19.1 Å². The minimum absolute atomic E-state index is 0.0617. The molecule has 0 fully saturated rings. The van der Waals surface area contributed by atoms with Gasteiger partial charge < -0.3 is 10.2 Å². The number of aryl methyl sites for hydroxylation is 1. The number of furan rings is 1. The molecule has 0 saturated heterocycles. The highest BCUT2D eigenvalue weighted by Gasteiger charge is 2.12. The Bertz CT molecular complexity index is 588. The standard InChI is InChI=1S/C11H11N3O3S/c1-6-2-3-8(17-6)10(16)14-11-13-7(5-18-11)4-9(12)15/h2-3,5H,4H2,1H3,(H2,12,15)(H,13,14,16). The minimum atomic E-state index is -0.458. The zero-order valence-electron chi connectivity index (χ0n) is 9.60. The molecule has 0 spiro atoms. The normalized spacial score (nSPS) is 10.3. The Morgan fingerprint density at radius 2 is 2.28 bits per heavy atom. The molecule has 18 heavy (non-hydrogen) atoms. The van der Waals surface area contributed by atoms with Gasteiger partial charge in [-0.1, -0.05) is 0 Å². The van der Waals surface area contributed by atoms with Crippen molar-refractivity contribution in [1.82, 2.24) is 4.98 Å². The molecule has 0 atom stereocenters. The molecule has 0 aromatic carbocycles. The van der Waals surface area contributed by atoms with Gasteiger partial charge in [-0.3, -0.25) is 14.9 Å². The highest BCUT2D eigenvalue weighted by Crippen LogP contribution is 2.17. The van der Waals surface area contributed by atoms with E-state index in [1.807, 2.05) is 0 Å². The van der Waals surface area contributed by atoms with Gasteiger partial charge in [0, 0.05) is 5.38 Å². The summed E-state index contributed by atoms with van der Waals surface area (Å²) in [6, 6.07) is 3.29. The van der Waals surface area contributed by atoms with Crippen LogP contribution in [0.3, 0.4) is 0 Å². The van der Waals surface area contributed by atoms with Crippen LogP contribution in [0.25, 0.3) is 0 Å². The largest absolute Gasteiger partial charge is 0.456 e. The molecule has 2 rings (SSSR count). The lowest BCUT2D eigenvalue weighted by Gasteiger charge is -1.97. The van der Waals surface area contributed by atoms with Crippen LogP contribution in [0.5, 0.6) is 0 Å². The zero-order valence-corrected chi connectivity index (χ0v) is 10.4. The van der Waals surface area contributed by atoms with Crippen LogP contribution in [0.15, 0.2) is 21.9 Å². The first-order chi connectivity index (χ1) is 8.54. The molecule has 2 aromatic rings. The van der Waals surface area contributed by atoms with E-state index in [2.05, 4.69) is 10.3 Å². The average Bonchev–Trinajstić information content (AvgIpc) is 2.87. The third-order valence-electron chi connectivity index (χ3n) is 2.09. The van der Waals surface area contributed by atoms with Gasteiger partial charge >= 0.3 is 0 Å². The van der Waals surface area contributed by atoms with E-state index in [0.29, 0.717) is 16.6 Å². The Balaban J connectivity index is 2.03. The van der Waals surface area contributed by atoms with Gasteiger partial charge in [0.15, 0.2) is 10.9 Å². The summed E-state index contributed by atoms with van der Waals surface area (Å²) in [7, 11) is 0. The van der Waals surface area contributed by atoms with Crippen molar-refractivity contribution in [2.75, 3.05) is 5.32 Å². The number of nitrogens with one attached hydrogen (secondary N) is 1. The van der Waals surface area contributed by atoms with Crippen molar-refractivity contribution in [2.24, 2.45) is 5.73 Å². The van der Waals surface area contributed by atoms with E-state index < -0.39 is 5.91 Å². The number of hydrogen-bond acceptors (Lipinski definition) is 5. The van der Waals surface area contributed by atoms with E-state index in [1.165, 1.54) is 11.3 Å². The summed E-state index contributed by atoms with van der Waals surface area (Å²) in [4.78, 5) is 26.5.